The van der Waals surface area contributed by atoms with Crippen molar-refractivity contribution in [1.29, 1.82) is 0 Å². The smallest absolute Gasteiger partial charge is 0.241 e. The Kier molecular flexibility index (Phi) is 4.96. The van der Waals surface area contributed by atoms with E-state index in [4.69, 9.17) is 5.73 Å². The number of nitrogens with one attached hydrogen (secondary N) is 1. The summed E-state index contributed by atoms with van der Waals surface area (Å²) < 4.78 is 0. The number of aryl methyl sites for hydroxylation is 1. The van der Waals surface area contributed by atoms with Gasteiger partial charge in [-0.15, -0.1) is 0 Å². The second-order valence-electron chi connectivity index (χ2n) is 5.75. The highest BCUT2D eigenvalue weighted by Crippen LogP contribution is 2.19. The van der Waals surface area contributed by atoms with Crippen LogP contribution in [0.1, 0.15) is 25.3 Å². The zero-order chi connectivity index (χ0) is 15.4. The van der Waals surface area contributed by atoms with Crippen molar-refractivity contribution < 1.29 is 9.59 Å². The number of hydrogen-bond acceptors (Lipinski definition) is 3. The standard InChI is InChI=1S/C16H23N3O2/c1-11-4-3-5-14(10-11)18-16(21)12(2)19-8-6-13(7-9-19)15(17)20/h3-5,10,12-13H,6-9H2,1-2H3,(H2,17,20)(H,18,21). The van der Waals surface area contributed by atoms with Crippen LogP contribution in [0, 0.1) is 12.8 Å². The van der Waals surface area contributed by atoms with Crippen molar-refractivity contribution in [1.82, 2.24) is 4.90 Å². The van der Waals surface area contributed by atoms with E-state index in [1.807, 2.05) is 38.1 Å². The van der Waals surface area contributed by atoms with Crippen LogP contribution in [0.15, 0.2) is 24.3 Å². The van der Waals surface area contributed by atoms with Gasteiger partial charge >= 0.3 is 0 Å². The summed E-state index contributed by atoms with van der Waals surface area (Å²) in [5.41, 5.74) is 7.26. The third-order valence-electron chi connectivity index (χ3n) is 4.14. The molecule has 0 saturated carbocycles. The first-order chi connectivity index (χ1) is 9.97. The van der Waals surface area contributed by atoms with E-state index in [2.05, 4.69) is 10.2 Å². The molecule has 21 heavy (non-hydrogen) atoms. The minimum Gasteiger partial charge on any atom is -0.369 e. The Labute approximate surface area is 125 Å². The fourth-order valence-electron chi connectivity index (χ4n) is 2.71. The fraction of sp³-hybridized carbons (Fsp3) is 0.500. The fourth-order valence-corrected chi connectivity index (χ4v) is 2.71. The van der Waals surface area contributed by atoms with Crippen LogP contribution in [-0.2, 0) is 9.59 Å². The van der Waals surface area contributed by atoms with Gasteiger partial charge in [0, 0.05) is 11.6 Å². The van der Waals surface area contributed by atoms with Gasteiger partial charge in [0.05, 0.1) is 6.04 Å². The first-order valence-corrected chi connectivity index (χ1v) is 7.38. The molecule has 1 aromatic carbocycles. The topological polar surface area (TPSA) is 75.4 Å². The third kappa shape index (κ3) is 4.04. The van der Waals surface area contributed by atoms with Gasteiger partial charge in [0.25, 0.3) is 0 Å². The van der Waals surface area contributed by atoms with E-state index < -0.39 is 0 Å². The van der Waals surface area contributed by atoms with Crippen LogP contribution in [0.5, 0.6) is 0 Å². The summed E-state index contributed by atoms with van der Waals surface area (Å²) in [6.07, 6.45) is 1.47. The lowest BCUT2D eigenvalue weighted by Crippen LogP contribution is -2.47. The predicted molar refractivity (Wildman–Crippen MR) is 82.8 cm³/mol. The summed E-state index contributed by atoms with van der Waals surface area (Å²) >= 11 is 0. The Hall–Kier alpha value is -1.88. The highest BCUT2D eigenvalue weighted by molar-refractivity contribution is 5.94. The maximum Gasteiger partial charge on any atom is 0.241 e. The van der Waals surface area contributed by atoms with Gasteiger partial charge < -0.3 is 11.1 Å². The van der Waals surface area contributed by atoms with Crippen molar-refractivity contribution >= 4 is 17.5 Å². The van der Waals surface area contributed by atoms with Crippen LogP contribution in [0.25, 0.3) is 0 Å². The Morgan fingerprint density at radius 1 is 1.33 bits per heavy atom. The predicted octanol–water partition coefficient (Wildman–Crippen LogP) is 1.52. The van der Waals surface area contributed by atoms with Crippen molar-refractivity contribution in [3.63, 3.8) is 0 Å². The number of hydrogen-bond donors (Lipinski definition) is 2. The maximum atomic E-state index is 12.3. The largest absolute Gasteiger partial charge is 0.369 e. The molecule has 1 saturated heterocycles. The van der Waals surface area contributed by atoms with Crippen LogP contribution >= 0.6 is 0 Å². The molecule has 0 aromatic heterocycles. The van der Waals surface area contributed by atoms with Gasteiger partial charge in [-0.3, -0.25) is 14.5 Å². The van der Waals surface area contributed by atoms with Gasteiger partial charge in [-0.25, -0.2) is 0 Å². The zero-order valence-corrected chi connectivity index (χ0v) is 12.6. The summed E-state index contributed by atoms with van der Waals surface area (Å²) in [5.74, 6) is -0.294. The van der Waals surface area contributed by atoms with E-state index in [9.17, 15) is 9.59 Å². The number of piperidine rings is 1. The van der Waals surface area contributed by atoms with E-state index >= 15 is 0 Å². The number of anilines is 1. The van der Waals surface area contributed by atoms with Crippen molar-refractivity contribution in [2.75, 3.05) is 18.4 Å². The SMILES string of the molecule is Cc1cccc(NC(=O)C(C)N2CCC(C(N)=O)CC2)c1. The Balaban J connectivity index is 1.90. The molecule has 0 spiro atoms. The first-order valence-electron chi connectivity index (χ1n) is 7.38. The quantitative estimate of drug-likeness (QED) is 0.882. The Morgan fingerprint density at radius 3 is 2.57 bits per heavy atom. The van der Waals surface area contributed by atoms with Crippen LogP contribution < -0.4 is 11.1 Å². The molecule has 1 heterocycles. The molecule has 2 amide bonds. The van der Waals surface area contributed by atoms with Crippen LogP contribution in [0.4, 0.5) is 5.69 Å². The molecule has 1 aromatic rings. The molecule has 1 aliphatic heterocycles. The van der Waals surface area contributed by atoms with Crippen molar-refractivity contribution in [2.24, 2.45) is 11.7 Å². The number of carbonyl (C=O) groups excluding carboxylic acids is 2. The Bertz CT molecular complexity index is 522. The molecule has 114 valence electrons. The summed E-state index contributed by atoms with van der Waals surface area (Å²) in [6.45, 7) is 5.36. The molecule has 1 unspecified atom stereocenters. The molecule has 1 aliphatic rings. The second kappa shape index (κ2) is 6.72. The molecule has 0 bridgehead atoms. The molecule has 1 fully saturated rings. The summed E-state index contributed by atoms with van der Waals surface area (Å²) in [6, 6.07) is 7.54. The molecule has 5 nitrogen and oxygen atoms in total. The van der Waals surface area contributed by atoms with Gasteiger partial charge in [-0.2, -0.15) is 0 Å². The first kappa shape index (κ1) is 15.5. The number of amides is 2. The molecule has 0 radical (unpaired) electrons. The third-order valence-corrected chi connectivity index (χ3v) is 4.14. The van der Waals surface area contributed by atoms with Crippen molar-refractivity contribution in [3.05, 3.63) is 29.8 Å². The lowest BCUT2D eigenvalue weighted by molar-refractivity contribution is -0.124. The van der Waals surface area contributed by atoms with Gasteiger partial charge in [-0.05, 0) is 57.5 Å². The molecule has 5 heteroatoms. The van der Waals surface area contributed by atoms with Gasteiger partial charge in [-0.1, -0.05) is 12.1 Å². The number of primary amides is 1. The number of benzene rings is 1. The van der Waals surface area contributed by atoms with E-state index in [0.717, 1.165) is 37.2 Å². The van der Waals surface area contributed by atoms with Crippen molar-refractivity contribution in [2.45, 2.75) is 32.7 Å². The summed E-state index contributed by atoms with van der Waals surface area (Å²) in [5, 5.41) is 2.94. The molecule has 1 atom stereocenters. The average Bonchev–Trinajstić information content (AvgIpc) is 2.46. The number of nitrogens with two attached hydrogens (primary N) is 1. The van der Waals surface area contributed by atoms with E-state index in [0.29, 0.717) is 0 Å². The minimum atomic E-state index is -0.230. The molecule has 0 aliphatic carbocycles. The van der Waals surface area contributed by atoms with Gasteiger partial charge in [0.2, 0.25) is 11.8 Å². The molecule has 2 rings (SSSR count). The zero-order valence-electron chi connectivity index (χ0n) is 12.6. The average molecular weight is 289 g/mol. The maximum absolute atomic E-state index is 12.3. The van der Waals surface area contributed by atoms with Crippen molar-refractivity contribution in [3.8, 4) is 0 Å². The van der Waals surface area contributed by atoms with E-state index in [1.165, 1.54) is 0 Å². The number of rotatable bonds is 4. The van der Waals surface area contributed by atoms with E-state index in [1.54, 1.807) is 0 Å². The number of likely N-dealkylation sites (tertiary alicyclic amines) is 1. The number of carbonyl (C=O) groups is 2. The lowest BCUT2D eigenvalue weighted by Gasteiger charge is -2.34. The highest BCUT2D eigenvalue weighted by atomic mass is 16.2. The second-order valence-corrected chi connectivity index (χ2v) is 5.75. The summed E-state index contributed by atoms with van der Waals surface area (Å²) in [4.78, 5) is 25.6. The highest BCUT2D eigenvalue weighted by Gasteiger charge is 2.28. The minimum absolute atomic E-state index is 0.0156. The van der Waals surface area contributed by atoms with Crippen LogP contribution in [0.2, 0.25) is 0 Å². The van der Waals surface area contributed by atoms with Gasteiger partial charge in [0.1, 0.15) is 0 Å². The van der Waals surface area contributed by atoms with Crippen LogP contribution in [-0.4, -0.2) is 35.8 Å². The van der Waals surface area contributed by atoms with Gasteiger partial charge in [0.15, 0.2) is 0 Å². The lowest BCUT2D eigenvalue weighted by atomic mass is 9.95. The summed E-state index contributed by atoms with van der Waals surface area (Å²) in [7, 11) is 0. The Morgan fingerprint density at radius 2 is 2.00 bits per heavy atom. The molecular formula is C16H23N3O2. The van der Waals surface area contributed by atoms with Crippen LogP contribution in [0.3, 0.4) is 0 Å². The monoisotopic (exact) mass is 289 g/mol. The molecular weight excluding hydrogens is 266 g/mol. The number of nitrogens with zero attached hydrogens (tertiary/aromatic N) is 1. The normalized spacial score (nSPS) is 18.2. The van der Waals surface area contributed by atoms with E-state index in [-0.39, 0.29) is 23.8 Å². The molecule has 3 N–H and O–H groups in total.